The minimum atomic E-state index is -0.554. The molecular weight excluding hydrogens is 256 g/mol. The van der Waals surface area contributed by atoms with Gasteiger partial charge in [-0.15, -0.1) is 0 Å². The van der Waals surface area contributed by atoms with Crippen LogP contribution in [0.2, 0.25) is 0 Å². The first kappa shape index (κ1) is 15.3. The number of benzene rings is 1. The summed E-state index contributed by atoms with van der Waals surface area (Å²) < 4.78 is 5.58. The average molecular weight is 280 g/mol. The van der Waals surface area contributed by atoms with Gasteiger partial charge in [-0.2, -0.15) is 0 Å². The normalized spacial score (nSPS) is 21.6. The number of nitrogens with two attached hydrogens (primary N) is 1. The van der Waals surface area contributed by atoms with Gasteiger partial charge in [0, 0.05) is 19.6 Å². The molecule has 1 aliphatic heterocycles. The zero-order valence-electron chi connectivity index (χ0n) is 11.7. The van der Waals surface area contributed by atoms with E-state index in [1.807, 2.05) is 24.3 Å². The highest BCUT2D eigenvalue weighted by molar-refractivity contribution is 5.28. The maximum atomic E-state index is 10.0. The number of aliphatic hydroxyl groups is 2. The molecule has 20 heavy (non-hydrogen) atoms. The standard InChI is InChI=1S/C15H24N2O3/c16-8-12-3-1-5-15(7-12)20-11-14(19)10-17-6-2-4-13(18)9-17/h1,3,5,7,13-14,18-19H,2,4,6,8-11,16H2. The van der Waals surface area contributed by atoms with Crippen molar-refractivity contribution in [1.29, 1.82) is 0 Å². The third-order valence-electron chi connectivity index (χ3n) is 3.53. The number of piperidine rings is 1. The van der Waals surface area contributed by atoms with Gasteiger partial charge in [0.25, 0.3) is 0 Å². The Morgan fingerprint density at radius 2 is 2.30 bits per heavy atom. The molecule has 1 heterocycles. The zero-order chi connectivity index (χ0) is 14.4. The number of hydrogen-bond acceptors (Lipinski definition) is 5. The Morgan fingerprint density at radius 1 is 1.45 bits per heavy atom. The van der Waals surface area contributed by atoms with E-state index in [2.05, 4.69) is 4.90 Å². The van der Waals surface area contributed by atoms with Crippen molar-refractivity contribution in [3.63, 3.8) is 0 Å². The molecular formula is C15H24N2O3. The van der Waals surface area contributed by atoms with Crippen molar-refractivity contribution < 1.29 is 14.9 Å². The molecule has 0 amide bonds. The Bertz CT molecular complexity index is 414. The van der Waals surface area contributed by atoms with Gasteiger partial charge in [-0.3, -0.25) is 4.90 Å². The highest BCUT2D eigenvalue weighted by Gasteiger charge is 2.20. The fraction of sp³-hybridized carbons (Fsp3) is 0.600. The van der Waals surface area contributed by atoms with Crippen molar-refractivity contribution in [3.05, 3.63) is 29.8 Å². The first-order valence-electron chi connectivity index (χ1n) is 7.17. The summed E-state index contributed by atoms with van der Waals surface area (Å²) in [6.45, 7) is 2.83. The third-order valence-corrected chi connectivity index (χ3v) is 3.53. The summed E-state index contributed by atoms with van der Waals surface area (Å²) in [6, 6.07) is 7.58. The lowest BCUT2D eigenvalue weighted by Crippen LogP contribution is -2.43. The van der Waals surface area contributed by atoms with Gasteiger partial charge in [0.1, 0.15) is 18.5 Å². The molecule has 0 aromatic heterocycles. The third kappa shape index (κ3) is 4.76. The van der Waals surface area contributed by atoms with Gasteiger partial charge in [0.2, 0.25) is 0 Å². The molecule has 0 saturated carbocycles. The minimum absolute atomic E-state index is 0.251. The molecule has 5 nitrogen and oxygen atoms in total. The molecule has 0 aliphatic carbocycles. The van der Waals surface area contributed by atoms with Crippen LogP contribution in [0.15, 0.2) is 24.3 Å². The predicted octanol–water partition coefficient (Wildman–Crippen LogP) is 0.342. The van der Waals surface area contributed by atoms with Crippen molar-refractivity contribution in [3.8, 4) is 5.75 Å². The second-order valence-corrected chi connectivity index (χ2v) is 5.37. The van der Waals surface area contributed by atoms with Crippen LogP contribution in [0.1, 0.15) is 18.4 Å². The lowest BCUT2D eigenvalue weighted by Gasteiger charge is -2.31. The topological polar surface area (TPSA) is 79.0 Å². The van der Waals surface area contributed by atoms with Crippen LogP contribution in [0.5, 0.6) is 5.75 Å². The van der Waals surface area contributed by atoms with Crippen molar-refractivity contribution in [2.75, 3.05) is 26.2 Å². The van der Waals surface area contributed by atoms with E-state index >= 15 is 0 Å². The zero-order valence-corrected chi connectivity index (χ0v) is 11.7. The molecule has 0 bridgehead atoms. The SMILES string of the molecule is NCc1cccc(OCC(O)CN2CCCC(O)C2)c1. The summed E-state index contributed by atoms with van der Waals surface area (Å²) in [5.41, 5.74) is 6.59. The van der Waals surface area contributed by atoms with Gasteiger partial charge >= 0.3 is 0 Å². The van der Waals surface area contributed by atoms with Crippen LogP contribution in [-0.4, -0.2) is 53.6 Å². The molecule has 1 saturated heterocycles. The fourth-order valence-electron chi connectivity index (χ4n) is 2.50. The average Bonchev–Trinajstić information content (AvgIpc) is 2.45. The second-order valence-electron chi connectivity index (χ2n) is 5.37. The van der Waals surface area contributed by atoms with Crippen LogP contribution in [0.3, 0.4) is 0 Å². The smallest absolute Gasteiger partial charge is 0.119 e. The molecule has 2 atom stereocenters. The first-order chi connectivity index (χ1) is 9.67. The van der Waals surface area contributed by atoms with Crippen LogP contribution in [0.4, 0.5) is 0 Å². The molecule has 0 spiro atoms. The van der Waals surface area contributed by atoms with Crippen LogP contribution >= 0.6 is 0 Å². The number of aliphatic hydroxyl groups excluding tert-OH is 2. The Kier molecular flexibility index (Phi) is 5.79. The van der Waals surface area contributed by atoms with E-state index in [0.717, 1.165) is 30.7 Å². The highest BCUT2D eigenvalue weighted by atomic mass is 16.5. The highest BCUT2D eigenvalue weighted by Crippen LogP contribution is 2.14. The summed E-state index contributed by atoms with van der Waals surface area (Å²) in [7, 11) is 0. The molecule has 4 N–H and O–H groups in total. The minimum Gasteiger partial charge on any atom is -0.491 e. The molecule has 0 radical (unpaired) electrons. The Morgan fingerprint density at radius 3 is 3.05 bits per heavy atom. The fourth-order valence-corrected chi connectivity index (χ4v) is 2.50. The molecule has 2 unspecified atom stereocenters. The van der Waals surface area contributed by atoms with Crippen molar-refractivity contribution in [1.82, 2.24) is 4.90 Å². The largest absolute Gasteiger partial charge is 0.491 e. The Hall–Kier alpha value is -1.14. The molecule has 1 fully saturated rings. The van der Waals surface area contributed by atoms with Crippen molar-refractivity contribution >= 4 is 0 Å². The summed E-state index contributed by atoms with van der Waals surface area (Å²) in [5, 5.41) is 19.6. The monoisotopic (exact) mass is 280 g/mol. The molecule has 1 aromatic rings. The molecule has 5 heteroatoms. The van der Waals surface area contributed by atoms with Gasteiger partial charge in [-0.05, 0) is 37.1 Å². The van der Waals surface area contributed by atoms with E-state index in [9.17, 15) is 10.2 Å². The van der Waals surface area contributed by atoms with Crippen LogP contribution < -0.4 is 10.5 Å². The van der Waals surface area contributed by atoms with E-state index in [0.29, 0.717) is 19.6 Å². The predicted molar refractivity (Wildman–Crippen MR) is 77.5 cm³/mol. The van der Waals surface area contributed by atoms with E-state index in [-0.39, 0.29) is 12.7 Å². The lowest BCUT2D eigenvalue weighted by atomic mass is 10.1. The van der Waals surface area contributed by atoms with Crippen LogP contribution in [-0.2, 0) is 6.54 Å². The van der Waals surface area contributed by atoms with E-state index in [1.54, 1.807) is 0 Å². The number of rotatable bonds is 6. The van der Waals surface area contributed by atoms with Gasteiger partial charge < -0.3 is 20.7 Å². The number of hydrogen-bond donors (Lipinski definition) is 3. The van der Waals surface area contributed by atoms with Gasteiger partial charge in [0.15, 0.2) is 0 Å². The first-order valence-corrected chi connectivity index (χ1v) is 7.17. The maximum Gasteiger partial charge on any atom is 0.119 e. The lowest BCUT2D eigenvalue weighted by molar-refractivity contribution is 0.0243. The summed E-state index contributed by atoms with van der Waals surface area (Å²) >= 11 is 0. The number of likely N-dealkylation sites (tertiary alicyclic amines) is 1. The van der Waals surface area contributed by atoms with Crippen LogP contribution in [0, 0.1) is 0 Å². The summed E-state index contributed by atoms with van der Waals surface area (Å²) in [6.07, 6.45) is 1.02. The molecule has 2 rings (SSSR count). The summed E-state index contributed by atoms with van der Waals surface area (Å²) in [4.78, 5) is 2.08. The maximum absolute atomic E-state index is 10.0. The number of ether oxygens (including phenoxy) is 1. The van der Waals surface area contributed by atoms with Crippen molar-refractivity contribution in [2.24, 2.45) is 5.73 Å². The molecule has 1 aliphatic rings. The van der Waals surface area contributed by atoms with Gasteiger partial charge in [-0.1, -0.05) is 12.1 Å². The van der Waals surface area contributed by atoms with Gasteiger partial charge in [-0.25, -0.2) is 0 Å². The molecule has 1 aromatic carbocycles. The van der Waals surface area contributed by atoms with E-state index in [4.69, 9.17) is 10.5 Å². The Balaban J connectivity index is 1.75. The van der Waals surface area contributed by atoms with Gasteiger partial charge in [0.05, 0.1) is 6.10 Å². The number of β-amino-alcohol motifs (C(OH)–C–C–N with tert-alkyl or cyclic N) is 2. The van der Waals surface area contributed by atoms with Crippen LogP contribution in [0.25, 0.3) is 0 Å². The van der Waals surface area contributed by atoms with E-state index < -0.39 is 6.10 Å². The number of nitrogens with zero attached hydrogens (tertiary/aromatic N) is 1. The van der Waals surface area contributed by atoms with E-state index in [1.165, 1.54) is 0 Å². The second kappa shape index (κ2) is 7.59. The quantitative estimate of drug-likeness (QED) is 0.700. The Labute approximate surface area is 120 Å². The summed E-state index contributed by atoms with van der Waals surface area (Å²) in [5.74, 6) is 0.727. The van der Waals surface area contributed by atoms with Crippen molar-refractivity contribution in [2.45, 2.75) is 31.6 Å². The molecule has 112 valence electrons.